The van der Waals surface area contributed by atoms with E-state index in [-0.39, 0.29) is 12.4 Å². The largest absolute Gasteiger partial charge is 0.486 e. The predicted octanol–water partition coefficient (Wildman–Crippen LogP) is 1.72. The van der Waals surface area contributed by atoms with E-state index in [9.17, 15) is 4.39 Å². The maximum atomic E-state index is 12.8. The third-order valence-electron chi connectivity index (χ3n) is 3.01. The number of aromatic nitrogens is 6. The summed E-state index contributed by atoms with van der Waals surface area (Å²) in [7, 11) is 0. The average Bonchev–Trinajstić information content (AvgIpc) is 3.12. The Morgan fingerprint density at radius 2 is 2.10 bits per heavy atom. The Balaban J connectivity index is 1.63. The number of hydrogen-bond donors (Lipinski definition) is 1. The van der Waals surface area contributed by atoms with E-state index in [1.54, 1.807) is 29.2 Å². The minimum absolute atomic E-state index is 0.187. The van der Waals surface area contributed by atoms with E-state index in [2.05, 4.69) is 25.3 Å². The molecule has 0 saturated heterocycles. The first-order chi connectivity index (χ1) is 10.3. The van der Waals surface area contributed by atoms with Gasteiger partial charge in [-0.25, -0.2) is 18.9 Å². The first-order valence-electron chi connectivity index (χ1n) is 6.21. The zero-order valence-electron chi connectivity index (χ0n) is 10.7. The Kier molecular flexibility index (Phi) is 2.53. The first-order valence-corrected chi connectivity index (χ1v) is 6.21. The van der Waals surface area contributed by atoms with Gasteiger partial charge >= 0.3 is 0 Å². The number of nitrogens with one attached hydrogen (secondary N) is 1. The summed E-state index contributed by atoms with van der Waals surface area (Å²) in [5.74, 6) is 0.762. The quantitative estimate of drug-likeness (QED) is 0.619. The maximum absolute atomic E-state index is 12.8. The lowest BCUT2D eigenvalue weighted by atomic mass is 10.3. The van der Waals surface area contributed by atoms with Crippen LogP contribution in [0, 0.1) is 5.82 Å². The molecule has 3 aromatic heterocycles. The molecule has 0 saturated carbocycles. The molecule has 3 heterocycles. The Morgan fingerprint density at radius 3 is 2.95 bits per heavy atom. The number of benzene rings is 1. The number of rotatable bonds is 3. The van der Waals surface area contributed by atoms with Crippen molar-refractivity contribution < 1.29 is 9.13 Å². The predicted molar refractivity (Wildman–Crippen MR) is 71.2 cm³/mol. The summed E-state index contributed by atoms with van der Waals surface area (Å²) in [6, 6.07) is 5.79. The second-order valence-corrected chi connectivity index (χ2v) is 4.42. The van der Waals surface area contributed by atoms with Gasteiger partial charge in [0.25, 0.3) is 0 Å². The van der Waals surface area contributed by atoms with Gasteiger partial charge in [-0.1, -0.05) is 0 Å². The summed E-state index contributed by atoms with van der Waals surface area (Å²) in [6.45, 7) is 0.187. The van der Waals surface area contributed by atoms with Gasteiger partial charge in [0.05, 0.1) is 11.6 Å². The molecule has 1 N–H and O–H groups in total. The van der Waals surface area contributed by atoms with Crippen LogP contribution >= 0.6 is 0 Å². The number of H-pyrrole nitrogens is 1. The van der Waals surface area contributed by atoms with Crippen molar-refractivity contribution in [2.75, 3.05) is 0 Å². The van der Waals surface area contributed by atoms with Gasteiger partial charge in [-0.3, -0.25) is 5.10 Å². The average molecular weight is 284 g/mol. The molecule has 0 unspecified atom stereocenters. The molecular formula is C13H9FN6O. The van der Waals surface area contributed by atoms with Gasteiger partial charge in [-0.15, -0.1) is 5.10 Å². The lowest BCUT2D eigenvalue weighted by Gasteiger charge is -2.02. The molecule has 0 atom stereocenters. The number of halogens is 1. The highest BCUT2D eigenvalue weighted by atomic mass is 19.1. The summed E-state index contributed by atoms with van der Waals surface area (Å²) >= 11 is 0. The number of nitrogens with zero attached hydrogens (tertiary/aromatic N) is 5. The van der Waals surface area contributed by atoms with Gasteiger partial charge in [0.1, 0.15) is 24.5 Å². The fourth-order valence-electron chi connectivity index (χ4n) is 2.03. The van der Waals surface area contributed by atoms with Crippen LogP contribution in [0.4, 0.5) is 4.39 Å². The van der Waals surface area contributed by atoms with Crippen molar-refractivity contribution in [1.82, 2.24) is 29.8 Å². The standard InChI is InChI=1S/C13H9FN6O/c14-8-1-3-9(4-2-8)21-6-11-17-13-10-5-16-18-12(10)15-7-20(13)19-11/h1-5,7H,6H2,(H,16,18). The highest BCUT2D eigenvalue weighted by Gasteiger charge is 2.10. The van der Waals surface area contributed by atoms with Gasteiger partial charge in [0, 0.05) is 0 Å². The molecule has 1 aromatic carbocycles. The molecule has 0 aliphatic carbocycles. The van der Waals surface area contributed by atoms with E-state index in [0.717, 1.165) is 5.39 Å². The molecule has 0 amide bonds. The number of ether oxygens (including phenoxy) is 1. The van der Waals surface area contributed by atoms with Crippen LogP contribution in [-0.4, -0.2) is 29.8 Å². The van der Waals surface area contributed by atoms with Gasteiger partial charge in [-0.05, 0) is 24.3 Å². The third kappa shape index (κ3) is 2.06. The van der Waals surface area contributed by atoms with Crippen molar-refractivity contribution in [1.29, 1.82) is 0 Å². The highest BCUT2D eigenvalue weighted by molar-refractivity contribution is 5.87. The molecule has 0 spiro atoms. The lowest BCUT2D eigenvalue weighted by molar-refractivity contribution is 0.295. The van der Waals surface area contributed by atoms with E-state index in [1.807, 2.05) is 0 Å². The smallest absolute Gasteiger partial charge is 0.189 e. The van der Waals surface area contributed by atoms with E-state index in [1.165, 1.54) is 12.1 Å². The van der Waals surface area contributed by atoms with Crippen LogP contribution in [0.1, 0.15) is 5.82 Å². The summed E-state index contributed by atoms with van der Waals surface area (Å²) < 4.78 is 19.9. The summed E-state index contributed by atoms with van der Waals surface area (Å²) in [5.41, 5.74) is 1.31. The zero-order valence-corrected chi connectivity index (χ0v) is 10.7. The molecule has 104 valence electrons. The monoisotopic (exact) mass is 284 g/mol. The van der Waals surface area contributed by atoms with Crippen LogP contribution in [0.5, 0.6) is 5.75 Å². The molecule has 4 aromatic rings. The molecular weight excluding hydrogens is 275 g/mol. The van der Waals surface area contributed by atoms with Crippen LogP contribution in [-0.2, 0) is 6.61 Å². The van der Waals surface area contributed by atoms with Crippen molar-refractivity contribution in [3.05, 3.63) is 48.4 Å². The Morgan fingerprint density at radius 1 is 1.24 bits per heavy atom. The minimum atomic E-state index is -0.304. The van der Waals surface area contributed by atoms with Crippen LogP contribution in [0.3, 0.4) is 0 Å². The number of hydrogen-bond acceptors (Lipinski definition) is 5. The maximum Gasteiger partial charge on any atom is 0.189 e. The minimum Gasteiger partial charge on any atom is -0.486 e. The second-order valence-electron chi connectivity index (χ2n) is 4.42. The lowest BCUT2D eigenvalue weighted by Crippen LogP contribution is -1.98. The van der Waals surface area contributed by atoms with Gasteiger partial charge < -0.3 is 4.74 Å². The SMILES string of the molecule is Fc1ccc(OCc2nc3c4cn[nH]c4ncn3n2)cc1. The summed E-state index contributed by atoms with van der Waals surface area (Å²) in [4.78, 5) is 8.57. The van der Waals surface area contributed by atoms with E-state index in [4.69, 9.17) is 4.74 Å². The van der Waals surface area contributed by atoms with E-state index < -0.39 is 0 Å². The molecule has 21 heavy (non-hydrogen) atoms. The fourth-order valence-corrected chi connectivity index (χ4v) is 2.03. The third-order valence-corrected chi connectivity index (χ3v) is 3.01. The van der Waals surface area contributed by atoms with Crippen LogP contribution < -0.4 is 4.74 Å². The summed E-state index contributed by atoms with van der Waals surface area (Å²) in [6.07, 6.45) is 3.21. The number of fused-ring (bicyclic) bond motifs is 3. The normalized spacial score (nSPS) is 11.3. The van der Waals surface area contributed by atoms with Crippen molar-refractivity contribution in [2.45, 2.75) is 6.61 Å². The van der Waals surface area contributed by atoms with Crippen molar-refractivity contribution >= 4 is 16.7 Å². The topological polar surface area (TPSA) is 81.0 Å². The molecule has 7 nitrogen and oxygen atoms in total. The highest BCUT2D eigenvalue weighted by Crippen LogP contribution is 2.15. The van der Waals surface area contributed by atoms with Gasteiger partial charge in [0.2, 0.25) is 0 Å². The molecule has 0 radical (unpaired) electrons. The van der Waals surface area contributed by atoms with Crippen LogP contribution in [0.2, 0.25) is 0 Å². The summed E-state index contributed by atoms with van der Waals surface area (Å²) in [5, 5.41) is 11.8. The first kappa shape index (κ1) is 11.8. The van der Waals surface area contributed by atoms with Gasteiger partial charge in [-0.2, -0.15) is 5.10 Å². The van der Waals surface area contributed by atoms with Crippen molar-refractivity contribution in [3.8, 4) is 5.75 Å². The Labute approximate surface area is 117 Å². The number of aromatic amines is 1. The fraction of sp³-hybridized carbons (Fsp3) is 0.0769. The zero-order chi connectivity index (χ0) is 14.2. The van der Waals surface area contributed by atoms with Crippen molar-refractivity contribution in [3.63, 3.8) is 0 Å². The molecule has 4 rings (SSSR count). The molecule has 0 bridgehead atoms. The molecule has 8 heteroatoms. The van der Waals surface area contributed by atoms with E-state index in [0.29, 0.717) is 22.9 Å². The van der Waals surface area contributed by atoms with Crippen LogP contribution in [0.25, 0.3) is 16.7 Å². The van der Waals surface area contributed by atoms with Crippen LogP contribution in [0.15, 0.2) is 36.8 Å². The van der Waals surface area contributed by atoms with Gasteiger partial charge in [0.15, 0.2) is 17.1 Å². The van der Waals surface area contributed by atoms with Crippen molar-refractivity contribution in [2.24, 2.45) is 0 Å². The Hall–Kier alpha value is -3.03. The Bertz CT molecular complexity index is 913. The molecule has 0 fully saturated rings. The molecule has 0 aliphatic rings. The second kappa shape index (κ2) is 4.51. The van der Waals surface area contributed by atoms with E-state index >= 15 is 0 Å². The molecule has 0 aliphatic heterocycles.